The fraction of sp³-hybridized carbons (Fsp3) is 0.565. The van der Waals surface area contributed by atoms with E-state index in [0.717, 1.165) is 56.6 Å². The van der Waals surface area contributed by atoms with Gasteiger partial charge in [-0.3, -0.25) is 14.4 Å². The second kappa shape index (κ2) is 8.19. The molecule has 1 unspecified atom stereocenters. The molecule has 2 aromatic rings. The number of carbonyl (C=O) groups is 1. The van der Waals surface area contributed by atoms with Crippen LogP contribution in [0.5, 0.6) is 5.75 Å². The number of methoxy groups -OCH3 is 1. The lowest BCUT2D eigenvalue weighted by atomic mass is 9.90. The molecule has 2 heterocycles. The number of aromatic nitrogens is 2. The Morgan fingerprint density at radius 1 is 1.28 bits per heavy atom. The van der Waals surface area contributed by atoms with E-state index in [0.29, 0.717) is 6.54 Å². The number of likely N-dealkylation sites (tertiary alicyclic amines) is 1. The van der Waals surface area contributed by atoms with Crippen LogP contribution >= 0.6 is 0 Å². The van der Waals surface area contributed by atoms with E-state index in [1.807, 2.05) is 36.1 Å². The smallest absolute Gasteiger partial charge is 0.223 e. The van der Waals surface area contributed by atoms with Crippen LogP contribution in [0.2, 0.25) is 0 Å². The number of amides is 1. The number of piperidine rings is 1. The number of rotatable bonds is 7. The minimum absolute atomic E-state index is 0.197. The van der Waals surface area contributed by atoms with Gasteiger partial charge in [0, 0.05) is 37.3 Å². The van der Waals surface area contributed by atoms with Gasteiger partial charge in [-0.05, 0) is 62.7 Å². The Morgan fingerprint density at radius 2 is 2.03 bits per heavy atom. The normalized spacial score (nSPS) is 20.6. The molecule has 1 atom stereocenters. The summed E-state index contributed by atoms with van der Waals surface area (Å²) in [5.41, 5.74) is 3.93. The lowest BCUT2D eigenvalue weighted by Crippen LogP contribution is -2.37. The molecule has 6 nitrogen and oxygen atoms in total. The van der Waals surface area contributed by atoms with Crippen molar-refractivity contribution in [3.8, 4) is 5.75 Å². The van der Waals surface area contributed by atoms with Gasteiger partial charge in [0.15, 0.2) is 0 Å². The third-order valence-corrected chi connectivity index (χ3v) is 6.98. The van der Waals surface area contributed by atoms with Gasteiger partial charge in [-0.25, -0.2) is 0 Å². The first-order valence-corrected chi connectivity index (χ1v) is 10.6. The van der Waals surface area contributed by atoms with Crippen molar-refractivity contribution in [3.63, 3.8) is 0 Å². The molecule has 2 fully saturated rings. The second-order valence-corrected chi connectivity index (χ2v) is 8.63. The van der Waals surface area contributed by atoms with Crippen molar-refractivity contribution in [2.24, 2.45) is 18.4 Å². The van der Waals surface area contributed by atoms with Gasteiger partial charge in [0.2, 0.25) is 5.91 Å². The Morgan fingerprint density at radius 3 is 2.72 bits per heavy atom. The molecular formula is C23H32N4O2. The second-order valence-electron chi connectivity index (χ2n) is 8.63. The highest BCUT2D eigenvalue weighted by Gasteiger charge is 2.58. The predicted octanol–water partition coefficient (Wildman–Crippen LogP) is 2.70. The highest BCUT2D eigenvalue weighted by molar-refractivity contribution is 5.82. The van der Waals surface area contributed by atoms with Crippen LogP contribution in [0.1, 0.15) is 36.1 Å². The topological polar surface area (TPSA) is 59.4 Å². The van der Waals surface area contributed by atoms with Crippen LogP contribution in [0.4, 0.5) is 0 Å². The zero-order chi connectivity index (χ0) is 20.4. The molecule has 1 aliphatic carbocycles. The maximum Gasteiger partial charge on any atom is 0.223 e. The predicted molar refractivity (Wildman–Crippen MR) is 113 cm³/mol. The summed E-state index contributed by atoms with van der Waals surface area (Å²) < 4.78 is 7.33. The lowest BCUT2D eigenvalue weighted by molar-refractivity contribution is -0.123. The Bertz CT molecular complexity index is 868. The van der Waals surface area contributed by atoms with Gasteiger partial charge in [0.25, 0.3) is 0 Å². The zero-order valence-electron chi connectivity index (χ0n) is 17.8. The quantitative estimate of drug-likeness (QED) is 0.782. The average Bonchev–Trinajstić information content (AvgIpc) is 3.36. The van der Waals surface area contributed by atoms with E-state index < -0.39 is 0 Å². The van der Waals surface area contributed by atoms with Crippen molar-refractivity contribution in [2.75, 3.05) is 26.7 Å². The summed E-state index contributed by atoms with van der Waals surface area (Å²) in [5.74, 6) is 1.32. The van der Waals surface area contributed by atoms with Crippen LogP contribution in [0.3, 0.4) is 0 Å². The van der Waals surface area contributed by atoms with Gasteiger partial charge in [-0.15, -0.1) is 0 Å². The Kier molecular flexibility index (Phi) is 5.63. The first-order chi connectivity index (χ1) is 14.0. The summed E-state index contributed by atoms with van der Waals surface area (Å²) in [6.07, 6.45) is 6.07. The monoisotopic (exact) mass is 396 g/mol. The number of para-hydroxylation sites is 1. The largest absolute Gasteiger partial charge is 0.496 e. The molecular weight excluding hydrogens is 364 g/mol. The molecule has 2 aliphatic rings. The van der Waals surface area contributed by atoms with Crippen LogP contribution in [0.25, 0.3) is 0 Å². The van der Waals surface area contributed by atoms with Gasteiger partial charge in [-0.2, -0.15) is 5.10 Å². The summed E-state index contributed by atoms with van der Waals surface area (Å²) in [4.78, 5) is 15.2. The SMILES string of the molecule is COc1ccccc1CCNC(=O)C1CC12CCN(Cc1cnn(C)c1C)CC2. The first kappa shape index (κ1) is 20.0. The molecule has 0 radical (unpaired) electrons. The Balaban J connectivity index is 1.22. The first-order valence-electron chi connectivity index (χ1n) is 10.6. The number of nitrogens with one attached hydrogen (secondary N) is 1. The van der Waals surface area contributed by atoms with Crippen molar-refractivity contribution in [2.45, 2.75) is 39.2 Å². The average molecular weight is 397 g/mol. The standard InChI is InChI=1S/C23H32N4O2/c1-17-19(15-25-26(17)2)16-27-12-9-23(10-13-27)14-20(23)22(28)24-11-8-18-6-4-5-7-21(18)29-3/h4-7,15,20H,8-14,16H2,1-3H3,(H,24,28). The molecule has 1 amide bonds. The molecule has 1 aliphatic heterocycles. The van der Waals surface area contributed by atoms with E-state index in [-0.39, 0.29) is 17.2 Å². The summed E-state index contributed by atoms with van der Waals surface area (Å²) in [6.45, 7) is 5.89. The van der Waals surface area contributed by atoms with Gasteiger partial charge in [0.05, 0.1) is 13.3 Å². The highest BCUT2D eigenvalue weighted by atomic mass is 16.5. The number of hydrogen-bond acceptors (Lipinski definition) is 4. The number of nitrogens with zero attached hydrogens (tertiary/aromatic N) is 3. The van der Waals surface area contributed by atoms with Crippen LogP contribution in [0, 0.1) is 18.3 Å². The highest BCUT2D eigenvalue weighted by Crippen LogP contribution is 2.59. The zero-order valence-corrected chi connectivity index (χ0v) is 17.8. The molecule has 1 saturated heterocycles. The van der Waals surface area contributed by atoms with Gasteiger partial charge >= 0.3 is 0 Å². The van der Waals surface area contributed by atoms with E-state index in [4.69, 9.17) is 4.74 Å². The van der Waals surface area contributed by atoms with Crippen molar-refractivity contribution >= 4 is 5.91 Å². The Hall–Kier alpha value is -2.34. The number of benzene rings is 1. The van der Waals surface area contributed by atoms with Crippen LogP contribution < -0.4 is 10.1 Å². The number of carbonyl (C=O) groups excluding carboxylic acids is 1. The molecule has 1 aromatic carbocycles. The molecule has 0 bridgehead atoms. The maximum atomic E-state index is 12.7. The lowest BCUT2D eigenvalue weighted by Gasteiger charge is -2.32. The van der Waals surface area contributed by atoms with E-state index in [1.165, 1.54) is 11.3 Å². The van der Waals surface area contributed by atoms with Crippen molar-refractivity contribution < 1.29 is 9.53 Å². The molecule has 1 spiro atoms. The van der Waals surface area contributed by atoms with E-state index >= 15 is 0 Å². The molecule has 6 heteroatoms. The van der Waals surface area contributed by atoms with E-state index in [2.05, 4.69) is 28.3 Å². The van der Waals surface area contributed by atoms with Gasteiger partial charge in [-0.1, -0.05) is 18.2 Å². The molecule has 4 rings (SSSR count). The summed E-state index contributed by atoms with van der Waals surface area (Å²) >= 11 is 0. The van der Waals surface area contributed by atoms with Crippen LogP contribution in [-0.4, -0.2) is 47.3 Å². The number of aryl methyl sites for hydroxylation is 1. The fourth-order valence-electron chi connectivity index (χ4n) is 4.72. The van der Waals surface area contributed by atoms with Crippen molar-refractivity contribution in [3.05, 3.63) is 47.3 Å². The van der Waals surface area contributed by atoms with E-state index in [1.54, 1.807) is 7.11 Å². The third-order valence-electron chi connectivity index (χ3n) is 6.98. The fourth-order valence-corrected chi connectivity index (χ4v) is 4.72. The molecule has 29 heavy (non-hydrogen) atoms. The van der Waals surface area contributed by atoms with Crippen molar-refractivity contribution in [1.29, 1.82) is 0 Å². The summed E-state index contributed by atoms with van der Waals surface area (Å²) in [7, 11) is 3.68. The van der Waals surface area contributed by atoms with Gasteiger partial charge < -0.3 is 10.1 Å². The summed E-state index contributed by atoms with van der Waals surface area (Å²) in [5, 5.41) is 7.51. The van der Waals surface area contributed by atoms with Gasteiger partial charge in [0.1, 0.15) is 5.75 Å². The maximum absolute atomic E-state index is 12.7. The number of ether oxygens (including phenoxy) is 1. The summed E-state index contributed by atoms with van der Waals surface area (Å²) in [6, 6.07) is 8.00. The molecule has 1 N–H and O–H groups in total. The molecule has 1 saturated carbocycles. The molecule has 1 aromatic heterocycles. The Labute approximate surface area is 173 Å². The van der Waals surface area contributed by atoms with Crippen LogP contribution in [0.15, 0.2) is 30.5 Å². The van der Waals surface area contributed by atoms with Crippen molar-refractivity contribution in [1.82, 2.24) is 20.0 Å². The minimum atomic E-state index is 0.197. The molecule has 156 valence electrons. The minimum Gasteiger partial charge on any atom is -0.496 e. The number of hydrogen-bond donors (Lipinski definition) is 1. The third kappa shape index (κ3) is 4.17. The van der Waals surface area contributed by atoms with E-state index in [9.17, 15) is 4.79 Å². The van der Waals surface area contributed by atoms with Crippen LogP contribution in [-0.2, 0) is 24.8 Å².